The van der Waals surface area contributed by atoms with E-state index in [-0.39, 0.29) is 6.10 Å². The van der Waals surface area contributed by atoms with E-state index in [1.807, 2.05) is 18.2 Å². The molecule has 0 bridgehead atoms. The molecule has 0 saturated heterocycles. The molecule has 0 aromatic heterocycles. The van der Waals surface area contributed by atoms with E-state index in [0.717, 1.165) is 59.5 Å². The Labute approximate surface area is 178 Å². The summed E-state index contributed by atoms with van der Waals surface area (Å²) < 4.78 is 22.1. The molecule has 0 fully saturated rings. The van der Waals surface area contributed by atoms with Crippen LogP contribution in [-0.2, 0) is 19.4 Å². The van der Waals surface area contributed by atoms with Crippen molar-refractivity contribution in [1.29, 1.82) is 0 Å². The summed E-state index contributed by atoms with van der Waals surface area (Å²) in [5.74, 6) is 4.00. The van der Waals surface area contributed by atoms with Crippen molar-refractivity contribution in [2.45, 2.75) is 32.4 Å². The number of fused-ring (bicyclic) bond motifs is 1. The Bertz CT molecular complexity index is 898. The predicted molar refractivity (Wildman–Crippen MR) is 118 cm³/mol. The lowest BCUT2D eigenvalue weighted by Gasteiger charge is -2.15. The zero-order valence-electron chi connectivity index (χ0n) is 18.4. The molecule has 30 heavy (non-hydrogen) atoms. The molecule has 2 aromatic carbocycles. The SMILES string of the molecule is CN=C(NCCc1ccc(OC)c(OC)c1)NCc1cc2c(cc1OC)CC(C)O2. The number of aliphatic imine (C=N–C) groups is 1. The average Bonchev–Trinajstić information content (AvgIpc) is 3.13. The van der Waals surface area contributed by atoms with Crippen LogP contribution in [0, 0.1) is 0 Å². The van der Waals surface area contributed by atoms with Gasteiger partial charge in [0.1, 0.15) is 17.6 Å². The molecule has 1 heterocycles. The third kappa shape index (κ3) is 5.09. The van der Waals surface area contributed by atoms with Crippen LogP contribution < -0.4 is 29.6 Å². The molecule has 162 valence electrons. The largest absolute Gasteiger partial charge is 0.496 e. The van der Waals surface area contributed by atoms with E-state index < -0.39 is 0 Å². The fraction of sp³-hybridized carbons (Fsp3) is 0.435. The molecule has 1 aliphatic heterocycles. The first-order valence-electron chi connectivity index (χ1n) is 10.1. The number of guanidine groups is 1. The number of methoxy groups -OCH3 is 3. The van der Waals surface area contributed by atoms with Crippen molar-refractivity contribution in [3.8, 4) is 23.0 Å². The molecular formula is C23H31N3O4. The predicted octanol–water partition coefficient (Wildman–Crippen LogP) is 2.94. The molecule has 0 amide bonds. The van der Waals surface area contributed by atoms with Gasteiger partial charge in [0.05, 0.1) is 21.3 Å². The summed E-state index contributed by atoms with van der Waals surface area (Å²) in [4.78, 5) is 4.31. The minimum absolute atomic E-state index is 0.207. The molecule has 2 aromatic rings. The maximum absolute atomic E-state index is 5.88. The number of hydrogen-bond acceptors (Lipinski definition) is 5. The van der Waals surface area contributed by atoms with Crippen LogP contribution in [-0.4, -0.2) is 47.0 Å². The van der Waals surface area contributed by atoms with Crippen LogP contribution in [0.25, 0.3) is 0 Å². The van der Waals surface area contributed by atoms with Gasteiger partial charge >= 0.3 is 0 Å². The van der Waals surface area contributed by atoms with Crippen molar-refractivity contribution in [2.24, 2.45) is 4.99 Å². The molecule has 3 rings (SSSR count). The van der Waals surface area contributed by atoms with E-state index in [0.29, 0.717) is 6.54 Å². The molecule has 0 spiro atoms. The quantitative estimate of drug-likeness (QED) is 0.512. The first-order valence-corrected chi connectivity index (χ1v) is 10.1. The van der Waals surface area contributed by atoms with Crippen LogP contribution in [0.4, 0.5) is 0 Å². The second kappa shape index (κ2) is 10.1. The highest BCUT2D eigenvalue weighted by Gasteiger charge is 2.21. The fourth-order valence-corrected chi connectivity index (χ4v) is 3.57. The molecule has 0 aliphatic carbocycles. The molecule has 0 saturated carbocycles. The van der Waals surface area contributed by atoms with Crippen LogP contribution in [0.5, 0.6) is 23.0 Å². The van der Waals surface area contributed by atoms with Gasteiger partial charge in [0.25, 0.3) is 0 Å². The maximum atomic E-state index is 5.88. The third-order valence-corrected chi connectivity index (χ3v) is 5.12. The first-order chi connectivity index (χ1) is 14.6. The van der Waals surface area contributed by atoms with Gasteiger partial charge in [0.2, 0.25) is 0 Å². The van der Waals surface area contributed by atoms with Gasteiger partial charge in [-0.05, 0) is 43.2 Å². The van der Waals surface area contributed by atoms with Gasteiger partial charge in [-0.15, -0.1) is 0 Å². The highest BCUT2D eigenvalue weighted by molar-refractivity contribution is 5.79. The maximum Gasteiger partial charge on any atom is 0.191 e. The van der Waals surface area contributed by atoms with E-state index in [1.165, 1.54) is 5.56 Å². The van der Waals surface area contributed by atoms with Crippen molar-refractivity contribution in [1.82, 2.24) is 10.6 Å². The number of nitrogens with zero attached hydrogens (tertiary/aromatic N) is 1. The van der Waals surface area contributed by atoms with Crippen molar-refractivity contribution in [3.63, 3.8) is 0 Å². The Morgan fingerprint density at radius 3 is 2.50 bits per heavy atom. The molecule has 1 aliphatic rings. The number of ether oxygens (including phenoxy) is 4. The van der Waals surface area contributed by atoms with Crippen molar-refractivity contribution in [2.75, 3.05) is 34.9 Å². The highest BCUT2D eigenvalue weighted by atomic mass is 16.5. The van der Waals surface area contributed by atoms with Crippen LogP contribution in [0.2, 0.25) is 0 Å². The molecule has 0 radical (unpaired) electrons. The molecule has 2 N–H and O–H groups in total. The fourth-order valence-electron chi connectivity index (χ4n) is 3.57. The van der Waals surface area contributed by atoms with Gasteiger partial charge in [0.15, 0.2) is 17.5 Å². The van der Waals surface area contributed by atoms with Gasteiger partial charge in [-0.1, -0.05) is 6.07 Å². The topological polar surface area (TPSA) is 73.3 Å². The summed E-state index contributed by atoms with van der Waals surface area (Å²) >= 11 is 0. The van der Waals surface area contributed by atoms with Crippen LogP contribution in [0.15, 0.2) is 35.3 Å². The molecule has 7 nitrogen and oxygen atoms in total. The molecule has 7 heteroatoms. The van der Waals surface area contributed by atoms with Crippen LogP contribution >= 0.6 is 0 Å². The Morgan fingerprint density at radius 1 is 1.03 bits per heavy atom. The summed E-state index contributed by atoms with van der Waals surface area (Å²) in [5.41, 5.74) is 3.39. The minimum Gasteiger partial charge on any atom is -0.496 e. The summed E-state index contributed by atoms with van der Waals surface area (Å²) in [6.45, 7) is 3.40. The normalized spacial score (nSPS) is 15.2. The lowest BCUT2D eigenvalue weighted by Crippen LogP contribution is -2.37. The van der Waals surface area contributed by atoms with Crippen LogP contribution in [0.3, 0.4) is 0 Å². The second-order valence-electron chi connectivity index (χ2n) is 7.20. The third-order valence-electron chi connectivity index (χ3n) is 5.12. The Balaban J connectivity index is 1.55. The Kier molecular flexibility index (Phi) is 7.27. The van der Waals surface area contributed by atoms with Crippen molar-refractivity contribution >= 4 is 5.96 Å². The van der Waals surface area contributed by atoms with Gasteiger partial charge in [-0.3, -0.25) is 4.99 Å². The number of benzene rings is 2. The van der Waals surface area contributed by atoms with Crippen molar-refractivity contribution in [3.05, 3.63) is 47.0 Å². The van der Waals surface area contributed by atoms with Gasteiger partial charge in [-0.25, -0.2) is 0 Å². The molecule has 1 unspecified atom stereocenters. The van der Waals surface area contributed by atoms with E-state index in [4.69, 9.17) is 18.9 Å². The number of rotatable bonds is 8. The van der Waals surface area contributed by atoms with E-state index in [2.05, 4.69) is 34.7 Å². The van der Waals surface area contributed by atoms with Gasteiger partial charge < -0.3 is 29.6 Å². The summed E-state index contributed by atoms with van der Waals surface area (Å²) in [7, 11) is 6.74. The van der Waals surface area contributed by atoms with E-state index >= 15 is 0 Å². The zero-order valence-corrected chi connectivity index (χ0v) is 18.4. The number of nitrogens with one attached hydrogen (secondary N) is 2. The second-order valence-corrected chi connectivity index (χ2v) is 7.20. The lowest BCUT2D eigenvalue weighted by molar-refractivity contribution is 0.254. The Morgan fingerprint density at radius 2 is 1.80 bits per heavy atom. The standard InChI is InChI=1S/C23H31N3O4/c1-15-10-17-12-20(28-4)18(13-21(17)30-15)14-26-23(24-2)25-9-8-16-6-7-19(27-3)22(11-16)29-5/h6-7,11-13,15H,8-10,14H2,1-5H3,(H2,24,25,26). The molecule has 1 atom stereocenters. The monoisotopic (exact) mass is 413 g/mol. The first kappa shape index (κ1) is 21.6. The van der Waals surface area contributed by atoms with E-state index in [9.17, 15) is 0 Å². The summed E-state index contributed by atoms with van der Waals surface area (Å²) in [6.07, 6.45) is 1.95. The summed E-state index contributed by atoms with van der Waals surface area (Å²) in [6, 6.07) is 10.1. The smallest absolute Gasteiger partial charge is 0.191 e. The highest BCUT2D eigenvalue weighted by Crippen LogP contribution is 2.35. The minimum atomic E-state index is 0.207. The lowest BCUT2D eigenvalue weighted by atomic mass is 10.1. The molecular weight excluding hydrogens is 382 g/mol. The van der Waals surface area contributed by atoms with Crippen LogP contribution in [0.1, 0.15) is 23.6 Å². The van der Waals surface area contributed by atoms with Crippen molar-refractivity contribution < 1.29 is 18.9 Å². The van der Waals surface area contributed by atoms with Gasteiger partial charge in [-0.2, -0.15) is 0 Å². The average molecular weight is 414 g/mol. The number of hydrogen-bond donors (Lipinski definition) is 2. The van der Waals surface area contributed by atoms with Gasteiger partial charge in [0, 0.05) is 37.7 Å². The van der Waals surface area contributed by atoms with E-state index in [1.54, 1.807) is 28.4 Å². The zero-order chi connectivity index (χ0) is 21.5. The summed E-state index contributed by atoms with van der Waals surface area (Å²) in [5, 5.41) is 6.69. The Hall–Kier alpha value is -3.09.